The summed E-state index contributed by atoms with van der Waals surface area (Å²) in [6.07, 6.45) is 0. The van der Waals surface area contributed by atoms with Crippen molar-refractivity contribution < 1.29 is 13.2 Å². The normalized spacial score (nSPS) is 13.2. The Morgan fingerprint density at radius 3 is 2.20 bits per heavy atom. The molecule has 1 amide bonds. The van der Waals surface area contributed by atoms with Crippen LogP contribution in [-0.2, 0) is 14.8 Å². The number of anilines is 1. The van der Waals surface area contributed by atoms with Gasteiger partial charge < -0.3 is 11.1 Å². The van der Waals surface area contributed by atoms with Gasteiger partial charge in [0.1, 0.15) is 0 Å². The molecule has 1 atom stereocenters. The van der Waals surface area contributed by atoms with Crippen LogP contribution in [-0.4, -0.2) is 27.9 Å². The molecule has 1 unspecified atom stereocenters. The second kappa shape index (κ2) is 6.83. The van der Waals surface area contributed by atoms with Crippen molar-refractivity contribution in [2.24, 2.45) is 17.6 Å². The zero-order valence-corrected chi connectivity index (χ0v) is 12.7. The van der Waals surface area contributed by atoms with Gasteiger partial charge in [-0.2, -0.15) is 0 Å². The van der Waals surface area contributed by atoms with Crippen molar-refractivity contribution in [3.05, 3.63) is 24.3 Å². The van der Waals surface area contributed by atoms with Crippen molar-refractivity contribution in [3.8, 4) is 0 Å². The van der Waals surface area contributed by atoms with Crippen molar-refractivity contribution >= 4 is 21.6 Å². The summed E-state index contributed by atoms with van der Waals surface area (Å²) in [5.41, 5.74) is 6.12. The molecule has 1 rings (SSSR count). The smallest absolute Gasteiger partial charge is 0.240 e. The zero-order chi connectivity index (χ0) is 15.3. The van der Waals surface area contributed by atoms with Crippen molar-refractivity contribution in [2.45, 2.75) is 18.7 Å². The molecular weight excluding hydrogens is 278 g/mol. The summed E-state index contributed by atoms with van der Waals surface area (Å²) in [6, 6.07) is 5.98. The summed E-state index contributed by atoms with van der Waals surface area (Å²) < 4.78 is 25.4. The minimum Gasteiger partial charge on any atom is -0.330 e. The summed E-state index contributed by atoms with van der Waals surface area (Å²) in [7, 11) is -2.11. The molecule has 1 aromatic rings. The van der Waals surface area contributed by atoms with E-state index >= 15 is 0 Å². The van der Waals surface area contributed by atoms with Gasteiger partial charge in [-0.15, -0.1) is 0 Å². The van der Waals surface area contributed by atoms with Gasteiger partial charge in [-0.25, -0.2) is 13.1 Å². The highest BCUT2D eigenvalue weighted by atomic mass is 32.2. The first-order chi connectivity index (χ1) is 9.31. The van der Waals surface area contributed by atoms with Crippen LogP contribution < -0.4 is 15.8 Å². The van der Waals surface area contributed by atoms with Crippen LogP contribution in [0.1, 0.15) is 13.8 Å². The van der Waals surface area contributed by atoms with E-state index in [0.29, 0.717) is 5.69 Å². The molecule has 0 aliphatic heterocycles. The predicted octanol–water partition coefficient (Wildman–Crippen LogP) is 0.764. The Bertz CT molecular complexity index is 553. The first-order valence-electron chi connectivity index (χ1n) is 6.36. The Balaban J connectivity index is 2.83. The van der Waals surface area contributed by atoms with Gasteiger partial charge in [0.05, 0.1) is 10.8 Å². The monoisotopic (exact) mass is 299 g/mol. The van der Waals surface area contributed by atoms with Crippen molar-refractivity contribution in [1.29, 1.82) is 0 Å². The molecule has 0 saturated carbocycles. The van der Waals surface area contributed by atoms with Gasteiger partial charge in [0.2, 0.25) is 15.9 Å². The van der Waals surface area contributed by atoms with Crippen LogP contribution in [0.15, 0.2) is 29.2 Å². The maximum atomic E-state index is 12.0. The molecule has 0 aromatic heterocycles. The number of sulfonamides is 1. The molecule has 0 heterocycles. The van der Waals surface area contributed by atoms with Crippen LogP contribution in [0.5, 0.6) is 0 Å². The number of nitrogens with two attached hydrogens (primary N) is 1. The second-order valence-electron chi connectivity index (χ2n) is 4.81. The van der Waals surface area contributed by atoms with Gasteiger partial charge in [0.15, 0.2) is 0 Å². The molecular formula is C13H21N3O3S. The third kappa shape index (κ3) is 4.03. The molecule has 1 aromatic carbocycles. The number of rotatable bonds is 6. The van der Waals surface area contributed by atoms with Crippen LogP contribution in [0.4, 0.5) is 5.69 Å². The van der Waals surface area contributed by atoms with E-state index in [1.807, 2.05) is 13.8 Å². The Kier molecular flexibility index (Phi) is 5.67. The van der Waals surface area contributed by atoms with Gasteiger partial charge in [-0.1, -0.05) is 13.8 Å². The summed E-state index contributed by atoms with van der Waals surface area (Å²) in [6.45, 7) is 4.13. The Hall–Kier alpha value is -1.44. The molecule has 0 saturated heterocycles. The van der Waals surface area contributed by atoms with E-state index in [4.69, 9.17) is 5.73 Å². The van der Waals surface area contributed by atoms with E-state index in [9.17, 15) is 13.2 Å². The van der Waals surface area contributed by atoms with Gasteiger partial charge in [0, 0.05) is 12.2 Å². The molecule has 4 N–H and O–H groups in total. The number of benzene rings is 1. The summed E-state index contributed by atoms with van der Waals surface area (Å²) >= 11 is 0. The fourth-order valence-corrected chi connectivity index (χ4v) is 2.48. The largest absolute Gasteiger partial charge is 0.330 e. The maximum Gasteiger partial charge on any atom is 0.240 e. The third-order valence-electron chi connectivity index (χ3n) is 3.10. The number of nitrogens with one attached hydrogen (secondary N) is 2. The van der Waals surface area contributed by atoms with E-state index in [0.717, 1.165) is 0 Å². The first kappa shape index (κ1) is 16.6. The van der Waals surface area contributed by atoms with E-state index in [-0.39, 0.29) is 29.2 Å². The molecule has 7 heteroatoms. The van der Waals surface area contributed by atoms with Gasteiger partial charge in [-0.05, 0) is 37.2 Å². The Morgan fingerprint density at radius 1 is 1.25 bits per heavy atom. The van der Waals surface area contributed by atoms with Crippen LogP contribution >= 0.6 is 0 Å². The number of amides is 1. The topological polar surface area (TPSA) is 101 Å². The SMILES string of the molecule is CNS(=O)(=O)c1ccc(NC(=O)C(CN)C(C)C)cc1. The quantitative estimate of drug-likeness (QED) is 0.722. The number of carbonyl (C=O) groups excluding carboxylic acids is 1. The van der Waals surface area contributed by atoms with Gasteiger partial charge in [0.25, 0.3) is 0 Å². The van der Waals surface area contributed by atoms with Gasteiger partial charge >= 0.3 is 0 Å². The summed E-state index contributed by atoms with van der Waals surface area (Å²) in [5.74, 6) is -0.286. The zero-order valence-electron chi connectivity index (χ0n) is 11.9. The van der Waals surface area contributed by atoms with Crippen molar-refractivity contribution in [3.63, 3.8) is 0 Å². The van der Waals surface area contributed by atoms with Gasteiger partial charge in [-0.3, -0.25) is 4.79 Å². The van der Waals surface area contributed by atoms with Crippen LogP contribution in [0, 0.1) is 11.8 Å². The number of carbonyl (C=O) groups is 1. The molecule has 112 valence electrons. The number of hydrogen-bond acceptors (Lipinski definition) is 4. The van der Waals surface area contributed by atoms with Crippen LogP contribution in [0.3, 0.4) is 0 Å². The Labute approximate surface area is 119 Å². The van der Waals surface area contributed by atoms with E-state index < -0.39 is 10.0 Å². The molecule has 6 nitrogen and oxygen atoms in total. The first-order valence-corrected chi connectivity index (χ1v) is 7.84. The lowest BCUT2D eigenvalue weighted by molar-refractivity contribution is -0.120. The van der Waals surface area contributed by atoms with Crippen LogP contribution in [0.2, 0.25) is 0 Å². The van der Waals surface area contributed by atoms with Crippen molar-refractivity contribution in [1.82, 2.24) is 4.72 Å². The highest BCUT2D eigenvalue weighted by Crippen LogP contribution is 2.16. The molecule has 0 aliphatic carbocycles. The highest BCUT2D eigenvalue weighted by Gasteiger charge is 2.20. The maximum absolute atomic E-state index is 12.0. The lowest BCUT2D eigenvalue weighted by Gasteiger charge is -2.18. The molecule has 20 heavy (non-hydrogen) atoms. The fraction of sp³-hybridized carbons (Fsp3) is 0.462. The molecule has 0 bridgehead atoms. The lowest BCUT2D eigenvalue weighted by atomic mass is 9.95. The molecule has 0 spiro atoms. The van der Waals surface area contributed by atoms with E-state index in [2.05, 4.69) is 10.0 Å². The van der Waals surface area contributed by atoms with Crippen LogP contribution in [0.25, 0.3) is 0 Å². The predicted molar refractivity (Wildman–Crippen MR) is 78.7 cm³/mol. The summed E-state index contributed by atoms with van der Waals surface area (Å²) in [5, 5.41) is 2.74. The Morgan fingerprint density at radius 2 is 1.80 bits per heavy atom. The lowest BCUT2D eigenvalue weighted by Crippen LogP contribution is -2.33. The third-order valence-corrected chi connectivity index (χ3v) is 4.53. The number of hydrogen-bond donors (Lipinski definition) is 3. The fourth-order valence-electron chi connectivity index (χ4n) is 1.75. The summed E-state index contributed by atoms with van der Waals surface area (Å²) in [4.78, 5) is 12.2. The van der Waals surface area contributed by atoms with Crippen molar-refractivity contribution in [2.75, 3.05) is 18.9 Å². The molecule has 0 radical (unpaired) electrons. The second-order valence-corrected chi connectivity index (χ2v) is 6.69. The average Bonchev–Trinajstić information content (AvgIpc) is 2.39. The molecule has 0 aliphatic rings. The average molecular weight is 299 g/mol. The van der Waals surface area contributed by atoms with E-state index in [1.165, 1.54) is 19.2 Å². The minimum absolute atomic E-state index is 0.143. The minimum atomic E-state index is -3.46. The standard InChI is InChI=1S/C13H21N3O3S/c1-9(2)12(8-14)13(17)16-10-4-6-11(7-5-10)20(18,19)15-3/h4-7,9,12,15H,8,14H2,1-3H3,(H,16,17). The van der Waals surface area contributed by atoms with E-state index in [1.54, 1.807) is 12.1 Å². The molecule has 0 fully saturated rings. The highest BCUT2D eigenvalue weighted by molar-refractivity contribution is 7.89.